The lowest BCUT2D eigenvalue weighted by atomic mass is 10.00. The average molecular weight is 468 g/mol. The van der Waals surface area contributed by atoms with Crippen LogP contribution in [0.5, 0.6) is 5.75 Å². The third kappa shape index (κ3) is 4.30. The lowest BCUT2D eigenvalue weighted by Gasteiger charge is -2.24. The van der Waals surface area contributed by atoms with E-state index in [4.69, 9.17) is 9.84 Å². The van der Waals surface area contributed by atoms with E-state index in [-0.39, 0.29) is 19.0 Å². The van der Waals surface area contributed by atoms with Gasteiger partial charge in [0.2, 0.25) is 5.82 Å². The molecule has 3 aromatic rings. The van der Waals surface area contributed by atoms with Crippen LogP contribution in [0.1, 0.15) is 30.7 Å². The molecule has 178 valence electrons. The van der Waals surface area contributed by atoms with Crippen molar-refractivity contribution in [1.82, 2.24) is 14.7 Å². The molecule has 0 saturated carbocycles. The van der Waals surface area contributed by atoms with Gasteiger partial charge in [0.15, 0.2) is 0 Å². The fourth-order valence-corrected chi connectivity index (χ4v) is 4.07. The van der Waals surface area contributed by atoms with Crippen LogP contribution in [0.3, 0.4) is 0 Å². The highest BCUT2D eigenvalue weighted by molar-refractivity contribution is 5.72. The van der Waals surface area contributed by atoms with Crippen LogP contribution < -0.4 is 4.74 Å². The van der Waals surface area contributed by atoms with Crippen molar-refractivity contribution in [3.05, 3.63) is 69.2 Å². The van der Waals surface area contributed by atoms with Crippen molar-refractivity contribution in [2.45, 2.75) is 33.7 Å². The number of halogens is 1. The number of fused-ring (bicyclic) bond motifs is 1. The summed E-state index contributed by atoms with van der Waals surface area (Å²) in [4.78, 5) is 23.3. The standard InChI is InChI=1S/C24H25FN4O5/c1-14(2)13-34-21-6-4-5-15(3)22(21)28-23(16-7-8-20(29(32)33)18(25)11-16)17-12-27(24(30)31)10-9-19(17)26-28/h4-8,11,14H,9-10,12-13H2,1-3H3,(H,30,31). The van der Waals surface area contributed by atoms with E-state index in [9.17, 15) is 24.4 Å². The molecular weight excluding hydrogens is 443 g/mol. The highest BCUT2D eigenvalue weighted by atomic mass is 19.1. The third-order valence-corrected chi connectivity index (χ3v) is 5.71. The summed E-state index contributed by atoms with van der Waals surface area (Å²) in [5.74, 6) is -0.102. The first-order valence-corrected chi connectivity index (χ1v) is 10.9. The Labute approximate surface area is 195 Å². The van der Waals surface area contributed by atoms with Crippen LogP contribution in [0.2, 0.25) is 0 Å². The van der Waals surface area contributed by atoms with Crippen LogP contribution >= 0.6 is 0 Å². The van der Waals surface area contributed by atoms with Crippen LogP contribution in [0.4, 0.5) is 14.9 Å². The Bertz CT molecular complexity index is 1270. The monoisotopic (exact) mass is 468 g/mol. The van der Waals surface area contributed by atoms with Gasteiger partial charge in [0, 0.05) is 30.2 Å². The number of nitrogens with zero attached hydrogens (tertiary/aromatic N) is 4. The van der Waals surface area contributed by atoms with Gasteiger partial charge in [-0.2, -0.15) is 9.49 Å². The lowest BCUT2D eigenvalue weighted by Crippen LogP contribution is -2.34. The number of aryl methyl sites for hydroxylation is 1. The van der Waals surface area contributed by atoms with Gasteiger partial charge in [0.25, 0.3) is 0 Å². The fraction of sp³-hybridized carbons (Fsp3) is 0.333. The van der Waals surface area contributed by atoms with E-state index in [0.29, 0.717) is 47.0 Å². The number of carbonyl (C=O) groups is 1. The maximum absolute atomic E-state index is 14.6. The molecule has 1 amide bonds. The normalized spacial score (nSPS) is 13.1. The predicted molar refractivity (Wildman–Crippen MR) is 123 cm³/mol. The molecule has 0 fully saturated rings. The summed E-state index contributed by atoms with van der Waals surface area (Å²) >= 11 is 0. The first-order chi connectivity index (χ1) is 16.2. The molecule has 0 aliphatic carbocycles. The number of benzene rings is 2. The van der Waals surface area contributed by atoms with Gasteiger partial charge in [-0.3, -0.25) is 10.1 Å². The Morgan fingerprint density at radius 2 is 2.09 bits per heavy atom. The number of nitro groups is 1. The van der Waals surface area contributed by atoms with E-state index in [1.165, 1.54) is 11.0 Å². The maximum atomic E-state index is 14.6. The van der Waals surface area contributed by atoms with E-state index in [2.05, 4.69) is 0 Å². The topological polar surface area (TPSA) is 111 Å². The molecule has 0 bridgehead atoms. The number of hydrogen-bond acceptors (Lipinski definition) is 5. The molecule has 0 unspecified atom stereocenters. The summed E-state index contributed by atoms with van der Waals surface area (Å²) < 4.78 is 22.3. The van der Waals surface area contributed by atoms with Crippen molar-refractivity contribution in [2.24, 2.45) is 5.92 Å². The van der Waals surface area contributed by atoms with Crippen LogP contribution in [-0.2, 0) is 13.0 Å². The molecule has 0 saturated heterocycles. The minimum atomic E-state index is -1.06. The van der Waals surface area contributed by atoms with Crippen molar-refractivity contribution in [3.8, 4) is 22.7 Å². The molecule has 2 aromatic carbocycles. The van der Waals surface area contributed by atoms with Crippen LogP contribution in [0.15, 0.2) is 36.4 Å². The van der Waals surface area contributed by atoms with Crippen molar-refractivity contribution < 1.29 is 24.0 Å². The largest absolute Gasteiger partial charge is 0.491 e. The zero-order valence-electron chi connectivity index (χ0n) is 19.1. The molecule has 0 atom stereocenters. The van der Waals surface area contributed by atoms with Crippen molar-refractivity contribution >= 4 is 11.8 Å². The molecular formula is C24H25FN4O5. The Hall–Kier alpha value is -3.95. The minimum Gasteiger partial charge on any atom is -0.491 e. The van der Waals surface area contributed by atoms with Crippen LogP contribution in [-0.4, -0.2) is 44.0 Å². The van der Waals surface area contributed by atoms with Gasteiger partial charge < -0.3 is 14.7 Å². The van der Waals surface area contributed by atoms with E-state index in [0.717, 1.165) is 17.7 Å². The molecule has 0 spiro atoms. The summed E-state index contributed by atoms with van der Waals surface area (Å²) in [6.45, 7) is 6.82. The second-order valence-corrected chi connectivity index (χ2v) is 8.69. The number of hydrogen-bond donors (Lipinski definition) is 1. The molecule has 9 nitrogen and oxygen atoms in total. The molecule has 1 aliphatic heterocycles. The first-order valence-electron chi connectivity index (χ1n) is 10.9. The second-order valence-electron chi connectivity index (χ2n) is 8.69. The molecule has 0 radical (unpaired) electrons. The Morgan fingerprint density at radius 3 is 2.74 bits per heavy atom. The number of carboxylic acid groups (broad SMARTS) is 1. The van der Waals surface area contributed by atoms with E-state index >= 15 is 0 Å². The molecule has 2 heterocycles. The third-order valence-electron chi connectivity index (χ3n) is 5.71. The quantitative estimate of drug-likeness (QED) is 0.404. The van der Waals surface area contributed by atoms with E-state index in [1.54, 1.807) is 4.68 Å². The Morgan fingerprint density at radius 1 is 1.32 bits per heavy atom. The van der Waals surface area contributed by atoms with Gasteiger partial charge in [0.1, 0.15) is 11.4 Å². The van der Waals surface area contributed by atoms with Gasteiger partial charge in [-0.25, -0.2) is 9.48 Å². The number of nitro benzene ring substituents is 1. The van der Waals surface area contributed by atoms with Crippen molar-refractivity contribution in [1.29, 1.82) is 0 Å². The minimum absolute atomic E-state index is 0.0761. The molecule has 1 aromatic heterocycles. The average Bonchev–Trinajstić information content (AvgIpc) is 3.15. The maximum Gasteiger partial charge on any atom is 0.407 e. The molecule has 4 rings (SSSR count). The predicted octanol–water partition coefficient (Wildman–Crippen LogP) is 4.97. The van der Waals surface area contributed by atoms with Gasteiger partial charge >= 0.3 is 11.8 Å². The van der Waals surface area contributed by atoms with Crippen LogP contribution in [0.25, 0.3) is 16.9 Å². The summed E-state index contributed by atoms with van der Waals surface area (Å²) in [5, 5.41) is 25.5. The van der Waals surface area contributed by atoms with Gasteiger partial charge in [-0.05, 0) is 36.6 Å². The van der Waals surface area contributed by atoms with Crippen molar-refractivity contribution in [3.63, 3.8) is 0 Å². The first kappa shape index (κ1) is 23.2. The number of ether oxygens (including phenoxy) is 1. The molecule has 1 N–H and O–H groups in total. The number of amides is 1. The number of para-hydroxylation sites is 1. The van der Waals surface area contributed by atoms with Gasteiger partial charge in [-0.1, -0.05) is 26.0 Å². The lowest BCUT2D eigenvalue weighted by molar-refractivity contribution is -0.387. The fourth-order valence-electron chi connectivity index (χ4n) is 4.07. The summed E-state index contributed by atoms with van der Waals surface area (Å²) in [6, 6.07) is 9.27. The summed E-state index contributed by atoms with van der Waals surface area (Å²) in [7, 11) is 0. The summed E-state index contributed by atoms with van der Waals surface area (Å²) in [5.41, 5.74) is 3.07. The zero-order valence-corrected chi connectivity index (χ0v) is 19.1. The molecule has 34 heavy (non-hydrogen) atoms. The van der Waals surface area contributed by atoms with E-state index in [1.807, 2.05) is 39.0 Å². The zero-order chi connectivity index (χ0) is 24.6. The highest BCUT2D eigenvalue weighted by Crippen LogP contribution is 2.38. The summed E-state index contributed by atoms with van der Waals surface area (Å²) in [6.07, 6.45) is -0.665. The van der Waals surface area contributed by atoms with Gasteiger partial charge in [0.05, 0.1) is 29.5 Å². The number of rotatable bonds is 6. The molecule has 1 aliphatic rings. The van der Waals surface area contributed by atoms with E-state index < -0.39 is 22.5 Å². The van der Waals surface area contributed by atoms with Crippen molar-refractivity contribution in [2.75, 3.05) is 13.2 Å². The second kappa shape index (κ2) is 9.12. The molecule has 10 heteroatoms. The Balaban J connectivity index is 1.95. The highest BCUT2D eigenvalue weighted by Gasteiger charge is 2.30. The van der Waals surface area contributed by atoms with Gasteiger partial charge in [-0.15, -0.1) is 0 Å². The Kier molecular flexibility index (Phi) is 6.23. The van der Waals surface area contributed by atoms with Crippen LogP contribution in [0, 0.1) is 28.8 Å². The number of aromatic nitrogens is 2. The SMILES string of the molecule is Cc1cccc(OCC(C)C)c1-n1nc2c(c1-c1ccc([N+](=O)[O-])c(F)c1)CN(C(=O)O)CC2. The smallest absolute Gasteiger partial charge is 0.407 e.